The van der Waals surface area contributed by atoms with Crippen molar-refractivity contribution in [3.8, 4) is 5.69 Å². The SMILES string of the molecule is C/C=C/CCNC(=O)c1ccn(-c2ccccc2)n1. The molecule has 0 spiro atoms. The molecule has 2 rings (SSSR count). The number of allylic oxidation sites excluding steroid dienone is 1. The van der Waals surface area contributed by atoms with Crippen LogP contribution in [0.2, 0.25) is 0 Å². The van der Waals surface area contributed by atoms with Crippen molar-refractivity contribution in [2.75, 3.05) is 6.54 Å². The van der Waals surface area contributed by atoms with Gasteiger partial charge in [0.2, 0.25) is 0 Å². The van der Waals surface area contributed by atoms with Crippen LogP contribution in [0.15, 0.2) is 54.7 Å². The van der Waals surface area contributed by atoms with Crippen molar-refractivity contribution in [2.24, 2.45) is 0 Å². The lowest BCUT2D eigenvalue weighted by Crippen LogP contribution is -2.24. The van der Waals surface area contributed by atoms with Gasteiger partial charge in [-0.2, -0.15) is 5.10 Å². The fourth-order valence-corrected chi connectivity index (χ4v) is 1.70. The molecule has 0 aliphatic rings. The number of benzene rings is 1. The van der Waals surface area contributed by atoms with Crippen molar-refractivity contribution in [3.05, 3.63) is 60.4 Å². The van der Waals surface area contributed by atoms with Gasteiger partial charge in [0.1, 0.15) is 0 Å². The van der Waals surface area contributed by atoms with Crippen LogP contribution >= 0.6 is 0 Å². The molecule has 0 saturated carbocycles. The number of nitrogens with zero attached hydrogens (tertiary/aromatic N) is 2. The van der Waals surface area contributed by atoms with Crippen LogP contribution in [-0.2, 0) is 0 Å². The number of carbonyl (C=O) groups excluding carboxylic acids is 1. The lowest BCUT2D eigenvalue weighted by Gasteiger charge is -2.01. The molecular weight excluding hydrogens is 238 g/mol. The van der Waals surface area contributed by atoms with Crippen molar-refractivity contribution >= 4 is 5.91 Å². The Balaban J connectivity index is 1.99. The lowest BCUT2D eigenvalue weighted by atomic mass is 10.3. The second kappa shape index (κ2) is 6.54. The molecule has 0 atom stereocenters. The summed E-state index contributed by atoms with van der Waals surface area (Å²) in [4.78, 5) is 11.8. The summed E-state index contributed by atoms with van der Waals surface area (Å²) in [5, 5.41) is 7.10. The molecule has 19 heavy (non-hydrogen) atoms. The number of rotatable bonds is 5. The van der Waals surface area contributed by atoms with Gasteiger partial charge in [-0.3, -0.25) is 4.79 Å². The molecule has 4 heteroatoms. The zero-order valence-corrected chi connectivity index (χ0v) is 10.9. The van der Waals surface area contributed by atoms with Gasteiger partial charge in [0, 0.05) is 12.7 Å². The third-order valence-electron chi connectivity index (χ3n) is 2.67. The van der Waals surface area contributed by atoms with Gasteiger partial charge in [-0.05, 0) is 31.5 Å². The van der Waals surface area contributed by atoms with Gasteiger partial charge >= 0.3 is 0 Å². The third-order valence-corrected chi connectivity index (χ3v) is 2.67. The average Bonchev–Trinajstić information content (AvgIpc) is 2.94. The third kappa shape index (κ3) is 3.55. The first kappa shape index (κ1) is 13.1. The molecule has 0 unspecified atom stereocenters. The molecule has 0 aliphatic carbocycles. The topological polar surface area (TPSA) is 46.9 Å². The summed E-state index contributed by atoms with van der Waals surface area (Å²) < 4.78 is 1.70. The minimum Gasteiger partial charge on any atom is -0.350 e. The Kier molecular flexibility index (Phi) is 4.50. The Morgan fingerprint density at radius 3 is 2.84 bits per heavy atom. The molecule has 0 bridgehead atoms. The largest absolute Gasteiger partial charge is 0.350 e. The van der Waals surface area contributed by atoms with E-state index in [0.717, 1.165) is 12.1 Å². The van der Waals surface area contributed by atoms with Crippen LogP contribution in [0.4, 0.5) is 0 Å². The standard InChI is InChI=1S/C15H17N3O/c1-2-3-7-11-16-15(19)14-10-12-18(17-14)13-8-5-4-6-9-13/h2-6,8-10,12H,7,11H2,1H3,(H,16,19)/b3-2+. The molecule has 0 saturated heterocycles. The second-order valence-electron chi connectivity index (χ2n) is 4.09. The van der Waals surface area contributed by atoms with Crippen LogP contribution in [-0.4, -0.2) is 22.2 Å². The zero-order chi connectivity index (χ0) is 13.5. The normalized spacial score (nSPS) is 10.8. The van der Waals surface area contributed by atoms with Crippen LogP contribution in [0.5, 0.6) is 0 Å². The number of aromatic nitrogens is 2. The van der Waals surface area contributed by atoms with Crippen molar-refractivity contribution < 1.29 is 4.79 Å². The van der Waals surface area contributed by atoms with E-state index in [9.17, 15) is 4.79 Å². The minimum absolute atomic E-state index is 0.140. The molecule has 1 amide bonds. The zero-order valence-electron chi connectivity index (χ0n) is 10.9. The maximum Gasteiger partial charge on any atom is 0.271 e. The maximum atomic E-state index is 11.8. The van der Waals surface area contributed by atoms with Crippen molar-refractivity contribution in [1.29, 1.82) is 0 Å². The minimum atomic E-state index is -0.140. The Labute approximate surface area is 112 Å². The quantitative estimate of drug-likeness (QED) is 0.659. The Bertz CT molecular complexity index is 558. The predicted octanol–water partition coefficient (Wildman–Crippen LogP) is 2.57. The summed E-state index contributed by atoms with van der Waals surface area (Å²) in [5.41, 5.74) is 1.37. The summed E-state index contributed by atoms with van der Waals surface area (Å²) in [6.45, 7) is 2.59. The van der Waals surface area contributed by atoms with Crippen LogP contribution in [0.3, 0.4) is 0 Å². The van der Waals surface area contributed by atoms with E-state index < -0.39 is 0 Å². The first-order valence-electron chi connectivity index (χ1n) is 6.31. The molecule has 2 aromatic rings. The van der Waals surface area contributed by atoms with Crippen LogP contribution < -0.4 is 5.32 Å². The van der Waals surface area contributed by atoms with Crippen LogP contribution in [0, 0.1) is 0 Å². The summed E-state index contributed by atoms with van der Waals surface area (Å²) in [7, 11) is 0. The van der Waals surface area contributed by atoms with Gasteiger partial charge in [0.15, 0.2) is 5.69 Å². The molecule has 1 N–H and O–H groups in total. The molecule has 1 aromatic carbocycles. The maximum absolute atomic E-state index is 11.8. The first-order chi connectivity index (χ1) is 9.31. The van der Waals surface area contributed by atoms with E-state index >= 15 is 0 Å². The molecule has 98 valence electrons. The average molecular weight is 255 g/mol. The second-order valence-corrected chi connectivity index (χ2v) is 4.09. The van der Waals surface area contributed by atoms with E-state index in [2.05, 4.69) is 10.4 Å². The van der Waals surface area contributed by atoms with Gasteiger partial charge in [-0.15, -0.1) is 0 Å². The Hall–Kier alpha value is -2.36. The number of amides is 1. The van der Waals surface area contributed by atoms with E-state index in [4.69, 9.17) is 0 Å². The molecule has 4 nitrogen and oxygen atoms in total. The van der Waals surface area contributed by atoms with E-state index in [-0.39, 0.29) is 5.91 Å². The monoisotopic (exact) mass is 255 g/mol. The molecule has 1 aromatic heterocycles. The summed E-state index contributed by atoms with van der Waals surface area (Å²) in [6.07, 6.45) is 6.61. The highest BCUT2D eigenvalue weighted by molar-refractivity contribution is 5.92. The Morgan fingerprint density at radius 1 is 1.32 bits per heavy atom. The van der Waals surface area contributed by atoms with Gasteiger partial charge in [-0.1, -0.05) is 30.4 Å². The number of nitrogens with one attached hydrogen (secondary N) is 1. The highest BCUT2D eigenvalue weighted by atomic mass is 16.1. The van der Waals surface area contributed by atoms with Crippen LogP contribution in [0.25, 0.3) is 5.69 Å². The van der Waals surface area contributed by atoms with E-state index in [0.29, 0.717) is 12.2 Å². The highest BCUT2D eigenvalue weighted by Gasteiger charge is 2.08. The fraction of sp³-hybridized carbons (Fsp3) is 0.200. The molecule has 1 heterocycles. The van der Waals surface area contributed by atoms with Gasteiger partial charge in [0.05, 0.1) is 5.69 Å². The fourth-order valence-electron chi connectivity index (χ4n) is 1.70. The van der Waals surface area contributed by atoms with Crippen molar-refractivity contribution in [1.82, 2.24) is 15.1 Å². The predicted molar refractivity (Wildman–Crippen MR) is 75.3 cm³/mol. The number of hydrogen-bond acceptors (Lipinski definition) is 2. The highest BCUT2D eigenvalue weighted by Crippen LogP contribution is 2.06. The summed E-state index contributed by atoms with van der Waals surface area (Å²) in [6, 6.07) is 11.4. The van der Waals surface area contributed by atoms with E-state index in [1.54, 1.807) is 16.9 Å². The first-order valence-corrected chi connectivity index (χ1v) is 6.31. The number of para-hydroxylation sites is 1. The lowest BCUT2D eigenvalue weighted by molar-refractivity contribution is 0.0949. The van der Waals surface area contributed by atoms with Gasteiger partial charge < -0.3 is 5.32 Å². The number of carbonyl (C=O) groups is 1. The molecule has 0 fully saturated rings. The summed E-state index contributed by atoms with van der Waals surface area (Å²) in [5.74, 6) is -0.140. The van der Waals surface area contributed by atoms with E-state index in [1.807, 2.05) is 49.4 Å². The molecular formula is C15H17N3O. The van der Waals surface area contributed by atoms with E-state index in [1.165, 1.54) is 0 Å². The van der Waals surface area contributed by atoms with Crippen LogP contribution in [0.1, 0.15) is 23.8 Å². The van der Waals surface area contributed by atoms with Gasteiger partial charge in [0.25, 0.3) is 5.91 Å². The van der Waals surface area contributed by atoms with Crippen molar-refractivity contribution in [2.45, 2.75) is 13.3 Å². The Morgan fingerprint density at radius 2 is 2.11 bits per heavy atom. The molecule has 0 aliphatic heterocycles. The van der Waals surface area contributed by atoms with Crippen molar-refractivity contribution in [3.63, 3.8) is 0 Å². The summed E-state index contributed by atoms with van der Waals surface area (Å²) >= 11 is 0. The molecule has 0 radical (unpaired) electrons. The number of hydrogen-bond donors (Lipinski definition) is 1. The van der Waals surface area contributed by atoms with Gasteiger partial charge in [-0.25, -0.2) is 4.68 Å². The smallest absolute Gasteiger partial charge is 0.271 e.